The lowest BCUT2D eigenvalue weighted by atomic mass is 10.0. The average molecular weight is 558 g/mol. The highest BCUT2D eigenvalue weighted by Crippen LogP contribution is 2.33. The predicted molar refractivity (Wildman–Crippen MR) is 150 cm³/mol. The number of carbonyl (C=O) groups excluding carboxylic acids is 2. The molecule has 2 amide bonds. The summed E-state index contributed by atoms with van der Waals surface area (Å²) in [6.07, 6.45) is 1.25. The maximum Gasteiger partial charge on any atom is 0.244 e. The van der Waals surface area contributed by atoms with E-state index in [1.807, 2.05) is 61.5 Å². The Labute approximate surface area is 229 Å². The molecular formula is C28H32ClN3O5S. The van der Waals surface area contributed by atoms with Crippen LogP contribution in [0.15, 0.2) is 72.8 Å². The van der Waals surface area contributed by atoms with Crippen molar-refractivity contribution in [3.05, 3.63) is 94.5 Å². The van der Waals surface area contributed by atoms with Gasteiger partial charge in [0.25, 0.3) is 0 Å². The van der Waals surface area contributed by atoms with Crippen LogP contribution in [0.5, 0.6) is 5.75 Å². The van der Waals surface area contributed by atoms with Crippen molar-refractivity contribution in [2.75, 3.05) is 31.3 Å². The number of ether oxygens (including phenoxy) is 1. The molecule has 38 heavy (non-hydrogen) atoms. The van der Waals surface area contributed by atoms with Crippen molar-refractivity contribution in [3.8, 4) is 5.75 Å². The molecule has 8 nitrogen and oxygen atoms in total. The van der Waals surface area contributed by atoms with Crippen molar-refractivity contribution in [1.29, 1.82) is 0 Å². The first-order valence-electron chi connectivity index (χ1n) is 11.9. The zero-order chi connectivity index (χ0) is 27.9. The SMILES string of the molecule is CNC(=O)[C@H](Cc1ccccc1)N(Cc1cccc(C)c1)C(=O)CN(c1cc(Cl)ccc1OC)S(C)(=O)=O. The second-order valence-electron chi connectivity index (χ2n) is 8.92. The van der Waals surface area contributed by atoms with Crippen LogP contribution in [0.25, 0.3) is 0 Å². The molecule has 0 radical (unpaired) electrons. The quantitative estimate of drug-likeness (QED) is 0.387. The van der Waals surface area contributed by atoms with Gasteiger partial charge in [0.2, 0.25) is 21.8 Å². The van der Waals surface area contributed by atoms with E-state index in [2.05, 4.69) is 5.32 Å². The minimum Gasteiger partial charge on any atom is -0.495 e. The molecular weight excluding hydrogens is 526 g/mol. The minimum absolute atomic E-state index is 0.107. The summed E-state index contributed by atoms with van der Waals surface area (Å²) in [5, 5.41) is 2.94. The highest BCUT2D eigenvalue weighted by molar-refractivity contribution is 7.92. The van der Waals surface area contributed by atoms with Gasteiger partial charge in [-0.15, -0.1) is 0 Å². The number of amides is 2. The molecule has 1 N–H and O–H groups in total. The molecule has 0 aliphatic heterocycles. The van der Waals surface area contributed by atoms with Gasteiger partial charge in [0.1, 0.15) is 18.3 Å². The summed E-state index contributed by atoms with van der Waals surface area (Å²) in [4.78, 5) is 28.5. The van der Waals surface area contributed by atoms with Crippen molar-refractivity contribution in [1.82, 2.24) is 10.2 Å². The van der Waals surface area contributed by atoms with Gasteiger partial charge in [0.15, 0.2) is 0 Å². The third-order valence-corrected chi connectivity index (χ3v) is 7.40. The van der Waals surface area contributed by atoms with Crippen LogP contribution in [0.4, 0.5) is 5.69 Å². The van der Waals surface area contributed by atoms with Gasteiger partial charge in [0.05, 0.1) is 19.1 Å². The Morgan fingerprint density at radius 1 is 1.00 bits per heavy atom. The van der Waals surface area contributed by atoms with E-state index in [9.17, 15) is 18.0 Å². The van der Waals surface area contributed by atoms with E-state index in [4.69, 9.17) is 16.3 Å². The van der Waals surface area contributed by atoms with Gasteiger partial charge in [0, 0.05) is 25.0 Å². The summed E-state index contributed by atoms with van der Waals surface area (Å²) in [5.41, 5.74) is 2.80. The molecule has 0 fully saturated rings. The van der Waals surface area contributed by atoms with Crippen LogP contribution in [0.2, 0.25) is 5.02 Å². The largest absolute Gasteiger partial charge is 0.495 e. The number of nitrogens with one attached hydrogen (secondary N) is 1. The van der Waals surface area contributed by atoms with Gasteiger partial charge in [-0.05, 0) is 36.2 Å². The molecule has 0 unspecified atom stereocenters. The fraction of sp³-hybridized carbons (Fsp3) is 0.286. The zero-order valence-electron chi connectivity index (χ0n) is 21.8. The maximum atomic E-state index is 14.0. The van der Waals surface area contributed by atoms with Crippen LogP contribution >= 0.6 is 11.6 Å². The molecule has 0 aromatic heterocycles. The number of anilines is 1. The molecule has 0 saturated heterocycles. The van der Waals surface area contributed by atoms with Crippen molar-refractivity contribution in [2.24, 2.45) is 0 Å². The first-order chi connectivity index (χ1) is 18.0. The van der Waals surface area contributed by atoms with Crippen LogP contribution in [-0.2, 0) is 32.6 Å². The number of aryl methyl sites for hydroxylation is 1. The lowest BCUT2D eigenvalue weighted by molar-refractivity contribution is -0.139. The Balaban J connectivity index is 2.07. The van der Waals surface area contributed by atoms with Crippen molar-refractivity contribution in [3.63, 3.8) is 0 Å². The second kappa shape index (κ2) is 12.8. The van der Waals surface area contributed by atoms with Crippen LogP contribution in [0.3, 0.4) is 0 Å². The molecule has 0 spiro atoms. The van der Waals surface area contributed by atoms with E-state index < -0.39 is 28.5 Å². The molecule has 3 aromatic carbocycles. The number of methoxy groups -OCH3 is 1. The maximum absolute atomic E-state index is 14.0. The number of sulfonamides is 1. The summed E-state index contributed by atoms with van der Waals surface area (Å²) in [7, 11) is -1.03. The van der Waals surface area contributed by atoms with Gasteiger partial charge in [-0.3, -0.25) is 13.9 Å². The summed E-state index contributed by atoms with van der Waals surface area (Å²) < 4.78 is 32.1. The summed E-state index contributed by atoms with van der Waals surface area (Å²) in [6, 6.07) is 20.6. The molecule has 10 heteroatoms. The Morgan fingerprint density at radius 3 is 2.29 bits per heavy atom. The first-order valence-corrected chi connectivity index (χ1v) is 14.2. The molecule has 0 heterocycles. The normalized spacial score (nSPS) is 11.9. The standard InChI is InChI=1S/C28H32ClN3O5S/c1-20-9-8-12-22(15-20)18-31(25(28(34)30-2)16-21-10-6-5-7-11-21)27(33)19-32(38(4,35)36)24-17-23(29)13-14-26(24)37-3/h5-15,17,25H,16,18-19H2,1-4H3,(H,30,34)/t25-/m0/s1. The molecule has 0 saturated carbocycles. The van der Waals surface area contributed by atoms with E-state index in [-0.39, 0.29) is 35.3 Å². The molecule has 0 aliphatic rings. The van der Waals surface area contributed by atoms with Crippen molar-refractivity contribution >= 4 is 39.1 Å². The minimum atomic E-state index is -3.94. The monoisotopic (exact) mass is 557 g/mol. The van der Waals surface area contributed by atoms with Crippen molar-refractivity contribution in [2.45, 2.75) is 25.9 Å². The van der Waals surface area contributed by atoms with Crippen LogP contribution in [0.1, 0.15) is 16.7 Å². The number of rotatable bonds is 11. The molecule has 0 aliphatic carbocycles. The average Bonchev–Trinajstić information content (AvgIpc) is 2.88. The Morgan fingerprint density at radius 2 is 1.68 bits per heavy atom. The summed E-state index contributed by atoms with van der Waals surface area (Å²) in [5.74, 6) is -0.672. The lowest BCUT2D eigenvalue weighted by Crippen LogP contribution is -2.52. The molecule has 0 bridgehead atoms. The smallest absolute Gasteiger partial charge is 0.244 e. The fourth-order valence-corrected chi connectivity index (χ4v) is 5.19. The first kappa shape index (κ1) is 29.0. The summed E-state index contributed by atoms with van der Waals surface area (Å²) in [6.45, 7) is 1.49. The number of benzene rings is 3. The van der Waals surface area contributed by atoms with Crippen LogP contribution in [0, 0.1) is 6.92 Å². The Hall–Kier alpha value is -3.56. The van der Waals surface area contributed by atoms with E-state index in [0.717, 1.165) is 27.3 Å². The van der Waals surface area contributed by atoms with Gasteiger partial charge in [-0.2, -0.15) is 0 Å². The summed E-state index contributed by atoms with van der Waals surface area (Å²) >= 11 is 6.16. The third kappa shape index (κ3) is 7.49. The van der Waals surface area contributed by atoms with Gasteiger partial charge in [-0.25, -0.2) is 8.42 Å². The van der Waals surface area contributed by atoms with Crippen LogP contribution in [-0.4, -0.2) is 58.1 Å². The van der Waals surface area contributed by atoms with Gasteiger partial charge in [-0.1, -0.05) is 71.8 Å². The van der Waals surface area contributed by atoms with E-state index in [1.54, 1.807) is 6.07 Å². The predicted octanol–water partition coefficient (Wildman–Crippen LogP) is 3.81. The molecule has 1 atom stereocenters. The number of hydrogen-bond acceptors (Lipinski definition) is 5. The van der Waals surface area contributed by atoms with E-state index in [1.165, 1.54) is 31.2 Å². The third-order valence-electron chi connectivity index (χ3n) is 6.04. The Bertz CT molecular complexity index is 1380. The van der Waals surface area contributed by atoms with E-state index >= 15 is 0 Å². The fourth-order valence-electron chi connectivity index (χ4n) is 4.18. The molecule has 3 aromatic rings. The Kier molecular flexibility index (Phi) is 9.77. The number of carbonyl (C=O) groups is 2. The number of hydrogen-bond donors (Lipinski definition) is 1. The number of nitrogens with zero attached hydrogens (tertiary/aromatic N) is 2. The van der Waals surface area contributed by atoms with E-state index in [0.29, 0.717) is 0 Å². The lowest BCUT2D eigenvalue weighted by Gasteiger charge is -2.33. The zero-order valence-corrected chi connectivity index (χ0v) is 23.4. The highest BCUT2D eigenvalue weighted by atomic mass is 35.5. The van der Waals surface area contributed by atoms with Gasteiger partial charge < -0.3 is 15.0 Å². The topological polar surface area (TPSA) is 96.0 Å². The highest BCUT2D eigenvalue weighted by Gasteiger charge is 2.33. The second-order valence-corrected chi connectivity index (χ2v) is 11.3. The van der Waals surface area contributed by atoms with Gasteiger partial charge >= 0.3 is 0 Å². The molecule has 202 valence electrons. The van der Waals surface area contributed by atoms with Crippen LogP contribution < -0.4 is 14.4 Å². The van der Waals surface area contributed by atoms with Crippen molar-refractivity contribution < 1.29 is 22.7 Å². The molecule has 3 rings (SSSR count). The number of likely N-dealkylation sites (N-methyl/N-ethyl adjacent to an activating group) is 1. The number of halogens is 1.